The molecule has 0 atom stereocenters. The molecule has 0 aliphatic heterocycles. The number of benzene rings is 2. The van der Waals surface area contributed by atoms with E-state index in [9.17, 15) is 0 Å². The summed E-state index contributed by atoms with van der Waals surface area (Å²) in [5.41, 5.74) is 2.11. The van der Waals surface area contributed by atoms with E-state index < -0.39 is 0 Å². The van der Waals surface area contributed by atoms with E-state index in [0.29, 0.717) is 22.4 Å². The third-order valence-electron chi connectivity index (χ3n) is 3.89. The van der Waals surface area contributed by atoms with Gasteiger partial charge in [-0.1, -0.05) is 35.3 Å². The lowest BCUT2D eigenvalue weighted by Gasteiger charge is -2.13. The van der Waals surface area contributed by atoms with Gasteiger partial charge in [-0.15, -0.1) is 24.8 Å². The molecule has 2 aromatic rings. The number of hydrogen-bond donors (Lipinski definition) is 1. The summed E-state index contributed by atoms with van der Waals surface area (Å²) in [5, 5.41) is 4.51. The fourth-order valence-corrected chi connectivity index (χ4v) is 2.81. The van der Waals surface area contributed by atoms with E-state index in [-0.39, 0.29) is 24.8 Å². The topological polar surface area (TPSA) is 33.7 Å². The molecule has 4 nitrogen and oxygen atoms in total. The largest absolute Gasteiger partial charge is 0.493 e. The van der Waals surface area contributed by atoms with Crippen LogP contribution < -0.4 is 14.8 Å². The van der Waals surface area contributed by atoms with Crippen LogP contribution in [0.4, 0.5) is 0 Å². The Balaban J connectivity index is 0.00000364. The quantitative estimate of drug-likeness (QED) is 0.468. The Kier molecular flexibility index (Phi) is 13.7. The van der Waals surface area contributed by atoms with Gasteiger partial charge in [-0.05, 0) is 69.0 Å². The molecule has 0 aromatic heterocycles. The Morgan fingerprint density at radius 1 is 0.929 bits per heavy atom. The van der Waals surface area contributed by atoms with Gasteiger partial charge in [-0.2, -0.15) is 0 Å². The lowest BCUT2D eigenvalue weighted by molar-refractivity contribution is 0.284. The summed E-state index contributed by atoms with van der Waals surface area (Å²) >= 11 is 12.0. The van der Waals surface area contributed by atoms with Crippen LogP contribution in [0.3, 0.4) is 0 Å². The maximum Gasteiger partial charge on any atom is 0.161 e. The molecule has 0 aliphatic rings. The molecule has 0 amide bonds. The standard InChI is InChI=1S/C20H26Cl2N2O2.2ClH/c1-24(2)10-4-9-23-13-15-6-8-19(20(12-15)25-3)26-14-16-5-7-17(21)18(22)11-16;;/h5-8,11-12,23H,4,9-10,13-14H2,1-3H3;2*1H. The second-order valence-corrected chi connectivity index (χ2v) is 7.17. The van der Waals surface area contributed by atoms with E-state index in [1.54, 1.807) is 13.2 Å². The van der Waals surface area contributed by atoms with Crippen molar-refractivity contribution in [2.45, 2.75) is 19.6 Å². The Morgan fingerprint density at radius 2 is 1.64 bits per heavy atom. The first kappa shape index (κ1) is 27.1. The Morgan fingerprint density at radius 3 is 2.29 bits per heavy atom. The van der Waals surface area contributed by atoms with Gasteiger partial charge >= 0.3 is 0 Å². The van der Waals surface area contributed by atoms with Crippen LogP contribution in [-0.4, -0.2) is 39.2 Å². The van der Waals surface area contributed by atoms with E-state index in [1.165, 1.54) is 0 Å². The SMILES string of the molecule is COc1cc(CNCCCN(C)C)ccc1OCc1ccc(Cl)c(Cl)c1.Cl.Cl. The number of nitrogens with one attached hydrogen (secondary N) is 1. The van der Waals surface area contributed by atoms with Gasteiger partial charge in [0.1, 0.15) is 6.61 Å². The minimum atomic E-state index is 0. The van der Waals surface area contributed by atoms with Crippen LogP contribution in [0.2, 0.25) is 10.0 Å². The predicted octanol–water partition coefficient (Wildman–Crippen LogP) is 5.47. The van der Waals surface area contributed by atoms with Crippen molar-refractivity contribution in [3.05, 3.63) is 57.6 Å². The molecular weight excluding hydrogens is 442 g/mol. The van der Waals surface area contributed by atoms with Crippen molar-refractivity contribution >= 4 is 48.0 Å². The highest BCUT2D eigenvalue weighted by Crippen LogP contribution is 2.29. The van der Waals surface area contributed by atoms with Crippen molar-refractivity contribution in [3.8, 4) is 11.5 Å². The second-order valence-electron chi connectivity index (χ2n) is 6.36. The number of hydrogen-bond acceptors (Lipinski definition) is 4. The molecule has 0 saturated heterocycles. The molecule has 28 heavy (non-hydrogen) atoms. The van der Waals surface area contributed by atoms with Crippen molar-refractivity contribution in [3.63, 3.8) is 0 Å². The average Bonchev–Trinajstić information content (AvgIpc) is 2.62. The van der Waals surface area contributed by atoms with E-state index in [1.807, 2.05) is 30.3 Å². The van der Waals surface area contributed by atoms with Crippen LogP contribution in [0.15, 0.2) is 36.4 Å². The zero-order chi connectivity index (χ0) is 18.9. The van der Waals surface area contributed by atoms with Gasteiger partial charge in [0.05, 0.1) is 17.2 Å². The summed E-state index contributed by atoms with van der Waals surface area (Å²) in [6, 6.07) is 11.5. The molecule has 1 N–H and O–H groups in total. The monoisotopic (exact) mass is 468 g/mol. The van der Waals surface area contributed by atoms with Crippen LogP contribution >= 0.6 is 48.0 Å². The molecule has 0 heterocycles. The van der Waals surface area contributed by atoms with E-state index in [0.717, 1.165) is 42.9 Å². The maximum atomic E-state index is 6.04. The number of halogens is 4. The van der Waals surface area contributed by atoms with E-state index in [4.69, 9.17) is 32.7 Å². The highest BCUT2D eigenvalue weighted by atomic mass is 35.5. The molecule has 0 saturated carbocycles. The zero-order valence-corrected chi connectivity index (χ0v) is 19.5. The molecule has 0 unspecified atom stereocenters. The summed E-state index contributed by atoms with van der Waals surface area (Å²) in [7, 11) is 5.82. The van der Waals surface area contributed by atoms with Crippen LogP contribution in [-0.2, 0) is 13.2 Å². The summed E-state index contributed by atoms with van der Waals surface area (Å²) in [6.45, 7) is 3.26. The first-order chi connectivity index (χ1) is 12.5. The van der Waals surface area contributed by atoms with Crippen LogP contribution in [0.5, 0.6) is 11.5 Å². The molecule has 0 aliphatic carbocycles. The second kappa shape index (κ2) is 14.2. The lowest BCUT2D eigenvalue weighted by atomic mass is 10.2. The summed E-state index contributed by atoms with van der Waals surface area (Å²) < 4.78 is 11.4. The zero-order valence-electron chi connectivity index (χ0n) is 16.3. The Bertz CT molecular complexity index is 715. The molecule has 0 spiro atoms. The fraction of sp³-hybridized carbons (Fsp3) is 0.400. The van der Waals surface area contributed by atoms with Gasteiger partial charge in [-0.25, -0.2) is 0 Å². The molecule has 0 fully saturated rings. The van der Waals surface area contributed by atoms with E-state index >= 15 is 0 Å². The smallest absolute Gasteiger partial charge is 0.161 e. The Hall–Kier alpha value is -0.880. The summed E-state index contributed by atoms with van der Waals surface area (Å²) in [6.07, 6.45) is 1.12. The first-order valence-electron chi connectivity index (χ1n) is 8.58. The molecule has 158 valence electrons. The summed E-state index contributed by atoms with van der Waals surface area (Å²) in [4.78, 5) is 2.19. The van der Waals surface area contributed by atoms with Crippen LogP contribution in [0, 0.1) is 0 Å². The molecule has 0 radical (unpaired) electrons. The van der Waals surface area contributed by atoms with Gasteiger partial charge in [-0.3, -0.25) is 0 Å². The summed E-state index contributed by atoms with van der Waals surface area (Å²) in [5.74, 6) is 1.42. The third-order valence-corrected chi connectivity index (χ3v) is 4.63. The van der Waals surface area contributed by atoms with Crippen molar-refractivity contribution in [1.82, 2.24) is 10.2 Å². The molecule has 2 rings (SSSR count). The maximum absolute atomic E-state index is 6.04. The molecule has 8 heteroatoms. The van der Waals surface area contributed by atoms with Crippen LogP contribution in [0.1, 0.15) is 17.5 Å². The number of ether oxygens (including phenoxy) is 2. The number of rotatable bonds is 10. The van der Waals surface area contributed by atoms with E-state index in [2.05, 4.69) is 24.3 Å². The molecule has 0 bridgehead atoms. The van der Waals surface area contributed by atoms with Crippen LogP contribution in [0.25, 0.3) is 0 Å². The highest BCUT2D eigenvalue weighted by molar-refractivity contribution is 6.42. The number of nitrogens with zero attached hydrogens (tertiary/aromatic N) is 1. The Labute approximate surface area is 190 Å². The number of methoxy groups -OCH3 is 1. The minimum Gasteiger partial charge on any atom is -0.493 e. The van der Waals surface area contributed by atoms with Crippen molar-refractivity contribution in [2.75, 3.05) is 34.3 Å². The average molecular weight is 470 g/mol. The highest BCUT2D eigenvalue weighted by Gasteiger charge is 2.07. The molecule has 2 aromatic carbocycles. The third kappa shape index (κ3) is 9.08. The van der Waals surface area contributed by atoms with Gasteiger partial charge < -0.3 is 19.7 Å². The molecular formula is C20H28Cl4N2O2. The van der Waals surface area contributed by atoms with Gasteiger partial charge in [0.2, 0.25) is 0 Å². The van der Waals surface area contributed by atoms with Gasteiger partial charge in [0.15, 0.2) is 11.5 Å². The predicted molar refractivity (Wildman–Crippen MR) is 123 cm³/mol. The normalized spacial score (nSPS) is 10.2. The lowest BCUT2D eigenvalue weighted by Crippen LogP contribution is -2.21. The van der Waals surface area contributed by atoms with Crippen molar-refractivity contribution in [2.24, 2.45) is 0 Å². The fourth-order valence-electron chi connectivity index (χ4n) is 2.48. The van der Waals surface area contributed by atoms with Gasteiger partial charge in [0, 0.05) is 6.54 Å². The first-order valence-corrected chi connectivity index (χ1v) is 9.34. The van der Waals surface area contributed by atoms with Crippen molar-refractivity contribution in [1.29, 1.82) is 0 Å². The minimum absolute atomic E-state index is 0. The van der Waals surface area contributed by atoms with Crippen molar-refractivity contribution < 1.29 is 9.47 Å². The van der Waals surface area contributed by atoms with Gasteiger partial charge in [0.25, 0.3) is 0 Å².